The maximum absolute atomic E-state index is 6.14. The standard InChI is InChI=1S/C14H16ClN3O.ClH/c15-12-7-2-1-6-11(12)13-17-14(19-18-13)9-4-3-5-10(16)8-9;/h1-2,6-7,9-10H,3-5,8,16H2;1H. The van der Waals surface area contributed by atoms with Crippen LogP contribution in [0, 0.1) is 0 Å². The van der Waals surface area contributed by atoms with Crippen LogP contribution in [0.15, 0.2) is 28.8 Å². The van der Waals surface area contributed by atoms with Crippen molar-refractivity contribution in [2.75, 3.05) is 0 Å². The fraction of sp³-hybridized carbons (Fsp3) is 0.429. The van der Waals surface area contributed by atoms with Crippen molar-refractivity contribution in [2.24, 2.45) is 5.73 Å². The fourth-order valence-electron chi connectivity index (χ4n) is 2.60. The van der Waals surface area contributed by atoms with Crippen molar-refractivity contribution in [1.82, 2.24) is 10.1 Å². The zero-order chi connectivity index (χ0) is 13.2. The van der Waals surface area contributed by atoms with E-state index < -0.39 is 0 Å². The van der Waals surface area contributed by atoms with Crippen LogP contribution in [0.3, 0.4) is 0 Å². The van der Waals surface area contributed by atoms with Crippen molar-refractivity contribution in [2.45, 2.75) is 37.6 Å². The highest BCUT2D eigenvalue weighted by molar-refractivity contribution is 6.33. The Hall–Kier alpha value is -1.10. The lowest BCUT2D eigenvalue weighted by Gasteiger charge is -2.23. The molecule has 4 nitrogen and oxygen atoms in total. The highest BCUT2D eigenvalue weighted by atomic mass is 35.5. The molecule has 0 bridgehead atoms. The fourth-order valence-corrected chi connectivity index (χ4v) is 2.83. The molecule has 1 fully saturated rings. The van der Waals surface area contributed by atoms with Crippen molar-refractivity contribution >= 4 is 24.0 Å². The summed E-state index contributed by atoms with van der Waals surface area (Å²) >= 11 is 6.14. The van der Waals surface area contributed by atoms with E-state index in [-0.39, 0.29) is 24.4 Å². The van der Waals surface area contributed by atoms with E-state index in [2.05, 4.69) is 10.1 Å². The topological polar surface area (TPSA) is 64.9 Å². The van der Waals surface area contributed by atoms with Gasteiger partial charge in [-0.1, -0.05) is 35.3 Å². The molecule has 0 saturated heterocycles. The van der Waals surface area contributed by atoms with E-state index in [0.29, 0.717) is 16.7 Å². The molecule has 0 radical (unpaired) electrons. The third kappa shape index (κ3) is 3.14. The molecule has 6 heteroatoms. The van der Waals surface area contributed by atoms with Crippen molar-refractivity contribution < 1.29 is 4.52 Å². The van der Waals surface area contributed by atoms with Gasteiger partial charge in [0, 0.05) is 17.5 Å². The van der Waals surface area contributed by atoms with E-state index in [0.717, 1.165) is 31.2 Å². The van der Waals surface area contributed by atoms with E-state index >= 15 is 0 Å². The molecular formula is C14H17Cl2N3O. The Bertz CT molecular complexity index is 573. The SMILES string of the molecule is Cl.NC1CCCC(c2nc(-c3ccccc3Cl)no2)C1. The number of nitrogens with zero attached hydrogens (tertiary/aromatic N) is 2. The van der Waals surface area contributed by atoms with Gasteiger partial charge < -0.3 is 10.3 Å². The average Bonchev–Trinajstić information content (AvgIpc) is 2.89. The minimum absolute atomic E-state index is 0. The maximum Gasteiger partial charge on any atom is 0.230 e. The number of hydrogen-bond donors (Lipinski definition) is 1. The lowest BCUT2D eigenvalue weighted by atomic mass is 9.86. The molecule has 2 unspecified atom stereocenters. The first-order chi connectivity index (χ1) is 9.24. The van der Waals surface area contributed by atoms with E-state index in [1.807, 2.05) is 24.3 Å². The second kappa shape index (κ2) is 6.57. The van der Waals surface area contributed by atoms with Crippen LogP contribution >= 0.6 is 24.0 Å². The molecule has 1 heterocycles. The van der Waals surface area contributed by atoms with Gasteiger partial charge in [-0.25, -0.2) is 0 Å². The first-order valence-corrected chi connectivity index (χ1v) is 6.96. The summed E-state index contributed by atoms with van der Waals surface area (Å²) in [4.78, 5) is 4.48. The highest BCUT2D eigenvalue weighted by Crippen LogP contribution is 2.33. The number of hydrogen-bond acceptors (Lipinski definition) is 4. The molecule has 1 aromatic carbocycles. The quantitative estimate of drug-likeness (QED) is 0.916. The van der Waals surface area contributed by atoms with Crippen molar-refractivity contribution in [3.05, 3.63) is 35.2 Å². The molecule has 0 amide bonds. The van der Waals surface area contributed by atoms with Gasteiger partial charge in [0.05, 0.1) is 5.02 Å². The summed E-state index contributed by atoms with van der Waals surface area (Å²) in [5.41, 5.74) is 6.80. The second-order valence-corrected chi connectivity index (χ2v) is 5.47. The Kier molecular flexibility index (Phi) is 5.02. The largest absolute Gasteiger partial charge is 0.339 e. The zero-order valence-electron chi connectivity index (χ0n) is 11.0. The molecule has 1 saturated carbocycles. The van der Waals surface area contributed by atoms with Gasteiger partial charge in [0.25, 0.3) is 0 Å². The van der Waals surface area contributed by atoms with E-state index in [4.69, 9.17) is 21.9 Å². The van der Waals surface area contributed by atoms with Gasteiger partial charge in [-0.3, -0.25) is 0 Å². The van der Waals surface area contributed by atoms with E-state index in [1.165, 1.54) is 0 Å². The van der Waals surface area contributed by atoms with Crippen LogP contribution in [0.1, 0.15) is 37.5 Å². The van der Waals surface area contributed by atoms with Gasteiger partial charge in [0.2, 0.25) is 11.7 Å². The summed E-state index contributed by atoms with van der Waals surface area (Å²) in [5, 5.41) is 4.67. The highest BCUT2D eigenvalue weighted by Gasteiger charge is 2.25. The number of halogens is 2. The monoisotopic (exact) mass is 313 g/mol. The van der Waals surface area contributed by atoms with Gasteiger partial charge in [0.1, 0.15) is 0 Å². The maximum atomic E-state index is 6.14. The summed E-state index contributed by atoms with van der Waals surface area (Å²) in [6.07, 6.45) is 4.19. The Morgan fingerprint density at radius 2 is 2.05 bits per heavy atom. The molecule has 1 aliphatic rings. The lowest BCUT2D eigenvalue weighted by molar-refractivity contribution is 0.299. The molecule has 2 atom stereocenters. The molecule has 0 aliphatic heterocycles. The normalized spacial score (nSPS) is 22.3. The number of nitrogens with two attached hydrogens (primary N) is 1. The molecular weight excluding hydrogens is 297 g/mol. The predicted octanol–water partition coefficient (Wildman–Crippen LogP) is 3.80. The third-order valence-electron chi connectivity index (χ3n) is 3.62. The minimum Gasteiger partial charge on any atom is -0.339 e. The smallest absolute Gasteiger partial charge is 0.230 e. The molecule has 1 aliphatic carbocycles. The first-order valence-electron chi connectivity index (χ1n) is 6.58. The van der Waals surface area contributed by atoms with Gasteiger partial charge in [-0.2, -0.15) is 4.98 Å². The number of benzene rings is 1. The molecule has 2 aromatic rings. The molecule has 1 aromatic heterocycles. The van der Waals surface area contributed by atoms with Crippen molar-refractivity contribution in [3.8, 4) is 11.4 Å². The Morgan fingerprint density at radius 1 is 1.25 bits per heavy atom. The molecule has 108 valence electrons. The van der Waals surface area contributed by atoms with Crippen LogP contribution in [0.4, 0.5) is 0 Å². The van der Waals surface area contributed by atoms with Crippen LogP contribution in [-0.2, 0) is 0 Å². The van der Waals surface area contributed by atoms with Crippen LogP contribution in [0.2, 0.25) is 5.02 Å². The minimum atomic E-state index is 0. The van der Waals surface area contributed by atoms with Crippen LogP contribution in [0.25, 0.3) is 11.4 Å². The van der Waals surface area contributed by atoms with Crippen LogP contribution in [0.5, 0.6) is 0 Å². The van der Waals surface area contributed by atoms with Crippen LogP contribution in [-0.4, -0.2) is 16.2 Å². The van der Waals surface area contributed by atoms with E-state index in [9.17, 15) is 0 Å². The second-order valence-electron chi connectivity index (χ2n) is 5.06. The molecule has 20 heavy (non-hydrogen) atoms. The number of aromatic nitrogens is 2. The van der Waals surface area contributed by atoms with Gasteiger partial charge in [-0.05, 0) is 31.4 Å². The van der Waals surface area contributed by atoms with Gasteiger partial charge in [0.15, 0.2) is 0 Å². The third-order valence-corrected chi connectivity index (χ3v) is 3.95. The Labute approximate surface area is 129 Å². The Morgan fingerprint density at radius 3 is 2.80 bits per heavy atom. The van der Waals surface area contributed by atoms with Gasteiger partial charge in [-0.15, -0.1) is 12.4 Å². The number of rotatable bonds is 2. The summed E-state index contributed by atoms with van der Waals surface area (Å²) in [5.74, 6) is 1.53. The summed E-state index contributed by atoms with van der Waals surface area (Å²) in [6.45, 7) is 0. The summed E-state index contributed by atoms with van der Waals surface area (Å²) in [6, 6.07) is 7.75. The summed E-state index contributed by atoms with van der Waals surface area (Å²) in [7, 11) is 0. The average molecular weight is 314 g/mol. The first kappa shape index (κ1) is 15.3. The van der Waals surface area contributed by atoms with E-state index in [1.54, 1.807) is 0 Å². The zero-order valence-corrected chi connectivity index (χ0v) is 12.5. The van der Waals surface area contributed by atoms with Crippen molar-refractivity contribution in [1.29, 1.82) is 0 Å². The molecule has 3 rings (SSSR count). The summed E-state index contributed by atoms with van der Waals surface area (Å²) < 4.78 is 5.39. The van der Waals surface area contributed by atoms with Crippen molar-refractivity contribution in [3.63, 3.8) is 0 Å². The molecule has 0 spiro atoms. The Balaban J connectivity index is 0.00000147. The molecule has 2 N–H and O–H groups in total. The van der Waals surface area contributed by atoms with Crippen LogP contribution < -0.4 is 5.73 Å². The van der Waals surface area contributed by atoms with Gasteiger partial charge >= 0.3 is 0 Å². The predicted molar refractivity (Wildman–Crippen MR) is 81.2 cm³/mol. The lowest BCUT2D eigenvalue weighted by Crippen LogP contribution is -2.26.